The van der Waals surface area contributed by atoms with Crippen LogP contribution in [-0.2, 0) is 0 Å². The van der Waals surface area contributed by atoms with Gasteiger partial charge in [-0.1, -0.05) is 45.7 Å². The molecule has 2 aromatic rings. The summed E-state index contributed by atoms with van der Waals surface area (Å²) in [4.78, 5) is 0. The van der Waals surface area contributed by atoms with Gasteiger partial charge in [0, 0.05) is 9.50 Å². The van der Waals surface area contributed by atoms with Crippen LogP contribution < -0.4 is 5.32 Å². The number of rotatable bonds is 3. The topological polar surface area (TPSA) is 12.0 Å². The molecule has 0 aliphatic heterocycles. The van der Waals surface area contributed by atoms with Gasteiger partial charge in [-0.25, -0.2) is 4.39 Å². The van der Waals surface area contributed by atoms with Gasteiger partial charge in [-0.3, -0.25) is 0 Å². The molecule has 1 atom stereocenters. The van der Waals surface area contributed by atoms with Crippen LogP contribution in [-0.4, -0.2) is 7.05 Å². The van der Waals surface area contributed by atoms with E-state index in [1.807, 2.05) is 25.2 Å². The summed E-state index contributed by atoms with van der Waals surface area (Å²) in [5.74, 6) is -0.240. The van der Waals surface area contributed by atoms with E-state index in [4.69, 9.17) is 11.6 Å². The second-order valence-corrected chi connectivity index (χ2v) is 5.26. The second-order valence-electron chi connectivity index (χ2n) is 3.94. The van der Waals surface area contributed by atoms with Gasteiger partial charge in [0.15, 0.2) is 0 Å². The van der Waals surface area contributed by atoms with E-state index in [2.05, 4.69) is 21.2 Å². The first-order chi connectivity index (χ1) is 8.61. The number of hydrogen-bond donors (Lipinski definition) is 1. The average Bonchev–Trinajstić information content (AvgIpc) is 2.35. The SMILES string of the molecule is CNC(c1ccc(F)cc1)c1ccc(Br)cc1Cl. The highest BCUT2D eigenvalue weighted by Gasteiger charge is 2.15. The molecule has 0 amide bonds. The maximum Gasteiger partial charge on any atom is 0.123 e. The van der Waals surface area contributed by atoms with E-state index in [0.29, 0.717) is 5.02 Å². The Balaban J connectivity index is 2.41. The van der Waals surface area contributed by atoms with Gasteiger partial charge in [-0.15, -0.1) is 0 Å². The smallest absolute Gasteiger partial charge is 0.123 e. The van der Waals surface area contributed by atoms with Crippen LogP contribution in [0.2, 0.25) is 5.02 Å². The molecule has 0 bridgehead atoms. The molecule has 0 aliphatic carbocycles. The quantitative estimate of drug-likeness (QED) is 0.871. The monoisotopic (exact) mass is 327 g/mol. The van der Waals surface area contributed by atoms with E-state index in [1.165, 1.54) is 12.1 Å². The fourth-order valence-corrected chi connectivity index (χ4v) is 2.68. The molecule has 0 saturated heterocycles. The summed E-state index contributed by atoms with van der Waals surface area (Å²) >= 11 is 9.62. The largest absolute Gasteiger partial charge is 0.309 e. The predicted molar refractivity (Wildman–Crippen MR) is 76.5 cm³/mol. The zero-order valence-corrected chi connectivity index (χ0v) is 12.1. The Labute approximate surface area is 119 Å². The molecular weight excluding hydrogens is 317 g/mol. The van der Waals surface area contributed by atoms with Crippen LogP contribution >= 0.6 is 27.5 Å². The van der Waals surface area contributed by atoms with E-state index in [1.54, 1.807) is 12.1 Å². The Kier molecular flexibility index (Phi) is 4.38. The fraction of sp³-hybridized carbons (Fsp3) is 0.143. The van der Waals surface area contributed by atoms with E-state index in [9.17, 15) is 4.39 Å². The lowest BCUT2D eigenvalue weighted by Crippen LogP contribution is -2.18. The lowest BCUT2D eigenvalue weighted by molar-refractivity contribution is 0.623. The lowest BCUT2D eigenvalue weighted by atomic mass is 9.99. The van der Waals surface area contributed by atoms with Crippen LogP contribution in [0, 0.1) is 5.82 Å². The molecule has 0 heterocycles. The maximum atomic E-state index is 12.9. The molecule has 0 radical (unpaired) electrons. The first-order valence-corrected chi connectivity index (χ1v) is 6.66. The van der Waals surface area contributed by atoms with E-state index in [0.717, 1.165) is 15.6 Å². The minimum Gasteiger partial charge on any atom is -0.309 e. The Hall–Kier alpha value is -0.900. The summed E-state index contributed by atoms with van der Waals surface area (Å²) < 4.78 is 13.9. The molecule has 0 fully saturated rings. The minimum atomic E-state index is -0.240. The third-order valence-electron chi connectivity index (χ3n) is 2.77. The Morgan fingerprint density at radius 3 is 2.39 bits per heavy atom. The second kappa shape index (κ2) is 5.83. The first-order valence-electron chi connectivity index (χ1n) is 5.49. The summed E-state index contributed by atoms with van der Waals surface area (Å²) in [6.07, 6.45) is 0. The van der Waals surface area contributed by atoms with Crippen molar-refractivity contribution in [2.24, 2.45) is 0 Å². The Morgan fingerprint density at radius 1 is 1.17 bits per heavy atom. The molecule has 94 valence electrons. The Bertz CT molecular complexity index is 542. The van der Waals surface area contributed by atoms with Crippen molar-refractivity contribution in [1.29, 1.82) is 0 Å². The molecule has 0 saturated carbocycles. The van der Waals surface area contributed by atoms with E-state index >= 15 is 0 Å². The minimum absolute atomic E-state index is 0.0498. The van der Waals surface area contributed by atoms with Crippen molar-refractivity contribution in [1.82, 2.24) is 5.32 Å². The van der Waals surface area contributed by atoms with Gasteiger partial charge < -0.3 is 5.32 Å². The number of nitrogens with one attached hydrogen (secondary N) is 1. The lowest BCUT2D eigenvalue weighted by Gasteiger charge is -2.18. The molecule has 1 nitrogen and oxygen atoms in total. The van der Waals surface area contributed by atoms with E-state index < -0.39 is 0 Å². The molecule has 4 heteroatoms. The van der Waals surface area contributed by atoms with Crippen molar-refractivity contribution in [3.05, 3.63) is 68.9 Å². The fourth-order valence-electron chi connectivity index (χ4n) is 1.89. The van der Waals surface area contributed by atoms with Crippen molar-refractivity contribution in [3.63, 3.8) is 0 Å². The van der Waals surface area contributed by atoms with Crippen LogP contribution in [0.15, 0.2) is 46.9 Å². The van der Waals surface area contributed by atoms with Crippen LogP contribution in [0.3, 0.4) is 0 Å². The first kappa shape index (κ1) is 13.5. The van der Waals surface area contributed by atoms with Crippen molar-refractivity contribution >= 4 is 27.5 Å². The van der Waals surface area contributed by atoms with Gasteiger partial charge in [0.2, 0.25) is 0 Å². The molecular formula is C14H12BrClFN. The number of hydrogen-bond acceptors (Lipinski definition) is 1. The van der Waals surface area contributed by atoms with Crippen molar-refractivity contribution < 1.29 is 4.39 Å². The number of benzene rings is 2. The highest BCUT2D eigenvalue weighted by Crippen LogP contribution is 2.30. The molecule has 2 rings (SSSR count). The molecule has 1 unspecified atom stereocenters. The third kappa shape index (κ3) is 2.91. The van der Waals surface area contributed by atoms with Crippen LogP contribution in [0.25, 0.3) is 0 Å². The van der Waals surface area contributed by atoms with Gasteiger partial charge >= 0.3 is 0 Å². The van der Waals surface area contributed by atoms with Gasteiger partial charge in [-0.2, -0.15) is 0 Å². The van der Waals surface area contributed by atoms with Gasteiger partial charge in [-0.05, 0) is 42.4 Å². The van der Waals surface area contributed by atoms with E-state index in [-0.39, 0.29) is 11.9 Å². The Morgan fingerprint density at radius 2 is 1.83 bits per heavy atom. The molecule has 0 aliphatic rings. The zero-order valence-electron chi connectivity index (χ0n) is 9.75. The summed E-state index contributed by atoms with van der Waals surface area (Å²) in [7, 11) is 1.85. The van der Waals surface area contributed by atoms with Crippen molar-refractivity contribution in [2.45, 2.75) is 6.04 Å². The summed E-state index contributed by atoms with van der Waals surface area (Å²) in [6.45, 7) is 0. The summed E-state index contributed by atoms with van der Waals surface area (Å²) in [6, 6.07) is 12.1. The molecule has 0 spiro atoms. The third-order valence-corrected chi connectivity index (χ3v) is 3.59. The highest BCUT2D eigenvalue weighted by atomic mass is 79.9. The average molecular weight is 329 g/mol. The molecule has 2 aromatic carbocycles. The standard InChI is InChI=1S/C14H12BrClFN/c1-18-14(9-2-5-11(17)6-3-9)12-7-4-10(15)8-13(12)16/h2-8,14,18H,1H3. The normalized spacial score (nSPS) is 12.4. The van der Waals surface area contributed by atoms with Crippen LogP contribution in [0.1, 0.15) is 17.2 Å². The summed E-state index contributed by atoms with van der Waals surface area (Å²) in [5.41, 5.74) is 1.94. The zero-order chi connectivity index (χ0) is 13.1. The molecule has 1 N–H and O–H groups in total. The van der Waals surface area contributed by atoms with Crippen LogP contribution in [0.5, 0.6) is 0 Å². The van der Waals surface area contributed by atoms with Crippen molar-refractivity contribution in [2.75, 3.05) is 7.05 Å². The molecule has 18 heavy (non-hydrogen) atoms. The predicted octanol–water partition coefficient (Wildman–Crippen LogP) is 4.55. The van der Waals surface area contributed by atoms with Gasteiger partial charge in [0.1, 0.15) is 5.82 Å². The van der Waals surface area contributed by atoms with Gasteiger partial charge in [0.25, 0.3) is 0 Å². The van der Waals surface area contributed by atoms with Crippen molar-refractivity contribution in [3.8, 4) is 0 Å². The molecule has 0 aromatic heterocycles. The number of halogens is 3. The summed E-state index contributed by atoms with van der Waals surface area (Å²) in [5, 5.41) is 3.87. The highest BCUT2D eigenvalue weighted by molar-refractivity contribution is 9.10. The van der Waals surface area contributed by atoms with Gasteiger partial charge in [0.05, 0.1) is 6.04 Å². The maximum absolute atomic E-state index is 12.9. The van der Waals surface area contributed by atoms with Crippen LogP contribution in [0.4, 0.5) is 4.39 Å².